The molecule has 1 amide bonds. The fourth-order valence-electron chi connectivity index (χ4n) is 1.85. The summed E-state index contributed by atoms with van der Waals surface area (Å²) in [5, 5.41) is 16.6. The summed E-state index contributed by atoms with van der Waals surface area (Å²) >= 11 is 0. The molecule has 6 nitrogen and oxygen atoms in total. The molecule has 0 unspecified atom stereocenters. The van der Waals surface area contributed by atoms with Gasteiger partial charge in [-0.15, -0.1) is 0 Å². The molecule has 6 heteroatoms. The van der Waals surface area contributed by atoms with Gasteiger partial charge in [0.2, 0.25) is 5.91 Å². The SMILES string of the molecule is Cc1ccc(NC(=O)CC2CNC2)c([N+](=O)[O-])c1. The topological polar surface area (TPSA) is 84.3 Å². The highest BCUT2D eigenvalue weighted by Gasteiger charge is 2.22. The lowest BCUT2D eigenvalue weighted by Gasteiger charge is -2.26. The quantitative estimate of drug-likeness (QED) is 0.624. The number of hydrogen-bond acceptors (Lipinski definition) is 4. The Morgan fingerprint density at radius 1 is 1.56 bits per heavy atom. The Bertz CT molecular complexity index is 483. The maximum atomic E-state index is 11.7. The van der Waals surface area contributed by atoms with E-state index in [1.807, 2.05) is 0 Å². The number of nitro groups is 1. The standard InChI is InChI=1S/C12H15N3O3/c1-8-2-3-10(11(4-8)15(17)18)14-12(16)5-9-6-13-7-9/h2-4,9,13H,5-7H2,1H3,(H,14,16). The third kappa shape index (κ3) is 2.84. The lowest BCUT2D eigenvalue weighted by Crippen LogP contribution is -2.43. The number of aryl methyl sites for hydroxylation is 1. The van der Waals surface area contributed by atoms with Crippen LogP contribution < -0.4 is 10.6 Å². The molecule has 0 aromatic heterocycles. The number of hydrogen-bond donors (Lipinski definition) is 2. The summed E-state index contributed by atoms with van der Waals surface area (Å²) < 4.78 is 0. The molecule has 96 valence electrons. The normalized spacial score (nSPS) is 14.9. The average Bonchev–Trinajstić information content (AvgIpc) is 2.26. The van der Waals surface area contributed by atoms with Crippen LogP contribution in [0.1, 0.15) is 12.0 Å². The number of amides is 1. The molecular formula is C12H15N3O3. The maximum absolute atomic E-state index is 11.7. The van der Waals surface area contributed by atoms with Gasteiger partial charge in [0.25, 0.3) is 5.69 Å². The zero-order valence-electron chi connectivity index (χ0n) is 10.1. The fraction of sp³-hybridized carbons (Fsp3) is 0.417. The van der Waals surface area contributed by atoms with Crippen molar-refractivity contribution in [2.45, 2.75) is 13.3 Å². The van der Waals surface area contributed by atoms with Crippen molar-refractivity contribution in [3.63, 3.8) is 0 Å². The zero-order chi connectivity index (χ0) is 13.1. The summed E-state index contributed by atoms with van der Waals surface area (Å²) in [6, 6.07) is 4.78. The van der Waals surface area contributed by atoms with Gasteiger partial charge in [-0.2, -0.15) is 0 Å². The first-order valence-electron chi connectivity index (χ1n) is 5.82. The third-order valence-corrected chi connectivity index (χ3v) is 2.96. The first-order valence-corrected chi connectivity index (χ1v) is 5.82. The van der Waals surface area contributed by atoms with E-state index in [0.717, 1.165) is 18.7 Å². The van der Waals surface area contributed by atoms with Crippen LogP contribution in [-0.2, 0) is 4.79 Å². The Labute approximate surface area is 105 Å². The minimum absolute atomic E-state index is 0.0601. The summed E-state index contributed by atoms with van der Waals surface area (Å²) in [5.74, 6) is 0.169. The van der Waals surface area contributed by atoms with Gasteiger partial charge >= 0.3 is 0 Å². The number of anilines is 1. The molecule has 0 atom stereocenters. The second kappa shape index (κ2) is 5.14. The van der Waals surface area contributed by atoms with Crippen LogP contribution in [0.15, 0.2) is 18.2 Å². The minimum Gasteiger partial charge on any atom is -0.320 e. The highest BCUT2D eigenvalue weighted by molar-refractivity contribution is 5.93. The van der Waals surface area contributed by atoms with E-state index >= 15 is 0 Å². The van der Waals surface area contributed by atoms with E-state index in [-0.39, 0.29) is 17.3 Å². The molecule has 0 saturated carbocycles. The van der Waals surface area contributed by atoms with Crippen molar-refractivity contribution in [1.29, 1.82) is 0 Å². The minimum atomic E-state index is -0.479. The molecule has 1 fully saturated rings. The predicted octanol–water partition coefficient (Wildman–Crippen LogP) is 1.45. The van der Waals surface area contributed by atoms with Crippen molar-refractivity contribution in [3.8, 4) is 0 Å². The molecule has 0 aliphatic carbocycles. The van der Waals surface area contributed by atoms with Gasteiger partial charge in [-0.05, 0) is 37.6 Å². The molecule has 1 aliphatic rings. The van der Waals surface area contributed by atoms with Gasteiger partial charge in [-0.3, -0.25) is 14.9 Å². The predicted molar refractivity (Wildman–Crippen MR) is 67.4 cm³/mol. The lowest BCUT2D eigenvalue weighted by atomic mass is 9.99. The van der Waals surface area contributed by atoms with Crippen molar-refractivity contribution in [2.75, 3.05) is 18.4 Å². The zero-order valence-corrected chi connectivity index (χ0v) is 10.1. The van der Waals surface area contributed by atoms with Crippen molar-refractivity contribution in [3.05, 3.63) is 33.9 Å². The van der Waals surface area contributed by atoms with Crippen LogP contribution in [0.4, 0.5) is 11.4 Å². The van der Waals surface area contributed by atoms with Crippen molar-refractivity contribution in [2.24, 2.45) is 5.92 Å². The van der Waals surface area contributed by atoms with Crippen LogP contribution in [0.25, 0.3) is 0 Å². The highest BCUT2D eigenvalue weighted by atomic mass is 16.6. The molecule has 1 aliphatic heterocycles. The van der Waals surface area contributed by atoms with Crippen LogP contribution in [-0.4, -0.2) is 23.9 Å². The first-order chi connectivity index (χ1) is 8.56. The Kier molecular flexibility index (Phi) is 3.57. The maximum Gasteiger partial charge on any atom is 0.293 e. The van der Waals surface area contributed by atoms with Gasteiger partial charge in [0, 0.05) is 12.5 Å². The van der Waals surface area contributed by atoms with E-state index in [0.29, 0.717) is 12.3 Å². The molecule has 0 bridgehead atoms. The summed E-state index contributed by atoms with van der Waals surface area (Å²) in [6.07, 6.45) is 0.401. The molecule has 0 spiro atoms. The van der Waals surface area contributed by atoms with Crippen LogP contribution in [0, 0.1) is 23.0 Å². The van der Waals surface area contributed by atoms with E-state index < -0.39 is 4.92 Å². The smallest absolute Gasteiger partial charge is 0.293 e. The number of nitrogens with one attached hydrogen (secondary N) is 2. The van der Waals surface area contributed by atoms with Gasteiger partial charge in [-0.25, -0.2) is 0 Å². The van der Waals surface area contributed by atoms with Gasteiger partial charge in [-0.1, -0.05) is 6.07 Å². The molecule has 18 heavy (non-hydrogen) atoms. The molecular weight excluding hydrogens is 234 g/mol. The van der Waals surface area contributed by atoms with Gasteiger partial charge in [0.1, 0.15) is 5.69 Å². The number of rotatable bonds is 4. The summed E-state index contributed by atoms with van der Waals surface area (Å²) in [7, 11) is 0. The van der Waals surface area contributed by atoms with Crippen molar-refractivity contribution in [1.82, 2.24) is 5.32 Å². The number of nitrogens with zero attached hydrogens (tertiary/aromatic N) is 1. The monoisotopic (exact) mass is 249 g/mol. The van der Waals surface area contributed by atoms with Crippen LogP contribution in [0.2, 0.25) is 0 Å². The Morgan fingerprint density at radius 3 is 2.83 bits per heavy atom. The Morgan fingerprint density at radius 2 is 2.28 bits per heavy atom. The van der Waals surface area contributed by atoms with E-state index in [2.05, 4.69) is 10.6 Å². The Balaban J connectivity index is 2.07. The molecule has 2 rings (SSSR count). The molecule has 0 radical (unpaired) electrons. The molecule has 1 saturated heterocycles. The van der Waals surface area contributed by atoms with Gasteiger partial charge in [0.15, 0.2) is 0 Å². The molecule has 2 N–H and O–H groups in total. The average molecular weight is 249 g/mol. The number of benzene rings is 1. The molecule has 1 aromatic carbocycles. The van der Waals surface area contributed by atoms with Gasteiger partial charge in [0.05, 0.1) is 4.92 Å². The van der Waals surface area contributed by atoms with E-state index in [1.54, 1.807) is 19.1 Å². The van der Waals surface area contributed by atoms with Crippen LogP contribution in [0.5, 0.6) is 0 Å². The second-order valence-corrected chi connectivity index (χ2v) is 4.55. The van der Waals surface area contributed by atoms with Crippen LogP contribution in [0.3, 0.4) is 0 Å². The number of carbonyl (C=O) groups is 1. The van der Waals surface area contributed by atoms with E-state index in [4.69, 9.17) is 0 Å². The number of carbonyl (C=O) groups excluding carboxylic acids is 1. The fourth-order valence-corrected chi connectivity index (χ4v) is 1.85. The van der Waals surface area contributed by atoms with E-state index in [9.17, 15) is 14.9 Å². The highest BCUT2D eigenvalue weighted by Crippen LogP contribution is 2.25. The van der Waals surface area contributed by atoms with E-state index in [1.165, 1.54) is 6.07 Å². The second-order valence-electron chi connectivity index (χ2n) is 4.55. The first kappa shape index (κ1) is 12.5. The molecule has 1 aromatic rings. The van der Waals surface area contributed by atoms with Crippen molar-refractivity contribution < 1.29 is 9.72 Å². The van der Waals surface area contributed by atoms with Gasteiger partial charge < -0.3 is 10.6 Å². The Hall–Kier alpha value is -1.95. The lowest BCUT2D eigenvalue weighted by molar-refractivity contribution is -0.384. The summed E-state index contributed by atoms with van der Waals surface area (Å²) in [6.45, 7) is 3.45. The molecule has 1 heterocycles. The summed E-state index contributed by atoms with van der Waals surface area (Å²) in [4.78, 5) is 22.1. The van der Waals surface area contributed by atoms with Crippen LogP contribution >= 0.6 is 0 Å². The third-order valence-electron chi connectivity index (χ3n) is 2.96. The largest absolute Gasteiger partial charge is 0.320 e. The number of nitro benzene ring substituents is 1. The summed E-state index contributed by atoms with van der Waals surface area (Å²) in [5.41, 5.74) is 1.00. The van der Waals surface area contributed by atoms with Crippen molar-refractivity contribution >= 4 is 17.3 Å².